The van der Waals surface area contributed by atoms with Crippen molar-refractivity contribution in [3.8, 4) is 0 Å². The molecule has 2 aromatic carbocycles. The van der Waals surface area contributed by atoms with E-state index in [0.717, 1.165) is 5.56 Å². The summed E-state index contributed by atoms with van der Waals surface area (Å²) in [5, 5.41) is 11.7. The molecule has 0 aromatic heterocycles. The minimum Gasteiger partial charge on any atom is -0.357 e. The van der Waals surface area contributed by atoms with Crippen LogP contribution in [0.4, 0.5) is 4.39 Å². The number of benzene rings is 2. The summed E-state index contributed by atoms with van der Waals surface area (Å²) in [5.74, 6) is -0.191. The number of aliphatic imine (C=N–C) groups is 1. The summed E-state index contributed by atoms with van der Waals surface area (Å²) in [7, 11) is 1.61. The Labute approximate surface area is 182 Å². The molecule has 0 heterocycles. The smallest absolute Gasteiger partial charge is 0.251 e. The van der Waals surface area contributed by atoms with Crippen molar-refractivity contribution in [1.29, 1.82) is 0 Å². The predicted octanol–water partition coefficient (Wildman–Crippen LogP) is 2.02. The van der Waals surface area contributed by atoms with Crippen molar-refractivity contribution in [1.82, 2.24) is 21.3 Å². The Morgan fingerprint density at radius 3 is 2.42 bits per heavy atom. The summed E-state index contributed by atoms with van der Waals surface area (Å²) in [6.45, 7) is 5.71. The first-order valence-electron chi connectivity index (χ1n) is 10.3. The van der Waals surface area contributed by atoms with Crippen LogP contribution in [0, 0.1) is 12.7 Å². The van der Waals surface area contributed by atoms with Gasteiger partial charge < -0.3 is 21.3 Å². The second-order valence-electron chi connectivity index (χ2n) is 6.94. The molecule has 0 bridgehead atoms. The highest BCUT2D eigenvalue weighted by molar-refractivity contribution is 5.94. The van der Waals surface area contributed by atoms with E-state index in [-0.39, 0.29) is 11.8 Å². The van der Waals surface area contributed by atoms with Gasteiger partial charge in [0.1, 0.15) is 5.82 Å². The Hall–Kier alpha value is -3.42. The summed E-state index contributed by atoms with van der Waals surface area (Å²) < 4.78 is 13.6. The molecule has 0 aliphatic heterocycles. The first kappa shape index (κ1) is 23.9. The average molecular weight is 428 g/mol. The minimum atomic E-state index is -0.395. The normalized spacial score (nSPS) is 11.0. The van der Waals surface area contributed by atoms with Crippen LogP contribution < -0.4 is 21.3 Å². The molecule has 0 saturated carbocycles. The number of carbonyl (C=O) groups is 2. The summed E-state index contributed by atoms with van der Waals surface area (Å²) in [5.41, 5.74) is 2.45. The molecule has 0 aliphatic carbocycles. The van der Waals surface area contributed by atoms with E-state index < -0.39 is 5.82 Å². The number of nitrogens with zero attached hydrogens (tertiary/aromatic N) is 1. The van der Waals surface area contributed by atoms with Gasteiger partial charge in [0.05, 0.1) is 0 Å². The number of guanidine groups is 1. The van der Waals surface area contributed by atoms with E-state index >= 15 is 0 Å². The van der Waals surface area contributed by atoms with E-state index in [1.807, 2.05) is 25.1 Å². The molecule has 31 heavy (non-hydrogen) atoms. The summed E-state index contributed by atoms with van der Waals surface area (Å²) >= 11 is 0. The molecule has 7 nitrogen and oxygen atoms in total. The highest BCUT2D eigenvalue weighted by Crippen LogP contribution is 2.09. The van der Waals surface area contributed by atoms with Crippen LogP contribution in [0.15, 0.2) is 47.5 Å². The molecule has 0 fully saturated rings. The van der Waals surface area contributed by atoms with E-state index in [4.69, 9.17) is 0 Å². The second-order valence-corrected chi connectivity index (χ2v) is 6.94. The van der Waals surface area contributed by atoms with Crippen molar-refractivity contribution in [2.45, 2.75) is 20.3 Å². The van der Waals surface area contributed by atoms with Gasteiger partial charge in [0, 0.05) is 44.4 Å². The lowest BCUT2D eigenvalue weighted by Crippen LogP contribution is -2.41. The van der Waals surface area contributed by atoms with Crippen molar-refractivity contribution in [2.24, 2.45) is 4.99 Å². The van der Waals surface area contributed by atoms with E-state index in [1.54, 1.807) is 32.2 Å². The predicted molar refractivity (Wildman–Crippen MR) is 121 cm³/mol. The zero-order valence-corrected chi connectivity index (χ0v) is 18.2. The number of rotatable bonds is 9. The molecule has 2 rings (SSSR count). The van der Waals surface area contributed by atoms with Gasteiger partial charge in [0.25, 0.3) is 11.8 Å². The van der Waals surface area contributed by atoms with E-state index in [9.17, 15) is 14.0 Å². The number of halogens is 1. The quantitative estimate of drug-likeness (QED) is 0.280. The summed E-state index contributed by atoms with van der Waals surface area (Å²) in [4.78, 5) is 28.4. The highest BCUT2D eigenvalue weighted by Gasteiger charge is 2.08. The fraction of sp³-hybridized carbons (Fsp3) is 0.348. The second kappa shape index (κ2) is 12.3. The molecule has 2 amide bonds. The molecule has 0 atom stereocenters. The van der Waals surface area contributed by atoms with Gasteiger partial charge in [0.2, 0.25) is 0 Å². The molecule has 166 valence electrons. The number of amides is 2. The Morgan fingerprint density at radius 1 is 0.968 bits per heavy atom. The minimum absolute atomic E-state index is 0.115. The number of nitrogens with one attached hydrogen (secondary N) is 4. The molecule has 0 radical (unpaired) electrons. The van der Waals surface area contributed by atoms with Gasteiger partial charge in [0.15, 0.2) is 5.96 Å². The fourth-order valence-electron chi connectivity index (χ4n) is 2.84. The molecule has 0 unspecified atom stereocenters. The number of hydrogen-bond acceptors (Lipinski definition) is 3. The highest BCUT2D eigenvalue weighted by atomic mass is 19.1. The topological polar surface area (TPSA) is 94.6 Å². The van der Waals surface area contributed by atoms with Gasteiger partial charge in [-0.05, 0) is 55.7 Å². The Kier molecular flexibility index (Phi) is 9.48. The third-order valence-corrected chi connectivity index (χ3v) is 4.57. The van der Waals surface area contributed by atoms with E-state index in [1.165, 1.54) is 6.07 Å². The SMILES string of the molecule is CCNC(=NCCc1cccc(C(=O)NC)c1)NCCNC(=O)c1ccc(C)c(F)c1. The number of carbonyl (C=O) groups excluding carboxylic acids is 2. The molecular formula is C23H30FN5O2. The van der Waals surface area contributed by atoms with Gasteiger partial charge in [-0.25, -0.2) is 4.39 Å². The fourth-order valence-corrected chi connectivity index (χ4v) is 2.84. The van der Waals surface area contributed by atoms with Crippen LogP contribution in [0.5, 0.6) is 0 Å². The van der Waals surface area contributed by atoms with E-state index in [0.29, 0.717) is 55.2 Å². The van der Waals surface area contributed by atoms with Gasteiger partial charge in [-0.1, -0.05) is 18.2 Å². The largest absolute Gasteiger partial charge is 0.357 e. The first-order valence-corrected chi connectivity index (χ1v) is 10.3. The zero-order valence-electron chi connectivity index (χ0n) is 18.2. The Bertz CT molecular complexity index is 930. The maximum Gasteiger partial charge on any atom is 0.251 e. The average Bonchev–Trinajstić information content (AvgIpc) is 2.78. The zero-order chi connectivity index (χ0) is 22.6. The van der Waals surface area contributed by atoms with Gasteiger partial charge in [-0.2, -0.15) is 0 Å². The Morgan fingerprint density at radius 2 is 1.71 bits per heavy atom. The maximum atomic E-state index is 13.6. The monoisotopic (exact) mass is 427 g/mol. The van der Waals surface area contributed by atoms with Crippen LogP contribution in [0.2, 0.25) is 0 Å². The van der Waals surface area contributed by atoms with Crippen LogP contribution in [-0.4, -0.2) is 51.0 Å². The molecule has 0 saturated heterocycles. The van der Waals surface area contributed by atoms with Crippen LogP contribution >= 0.6 is 0 Å². The third-order valence-electron chi connectivity index (χ3n) is 4.57. The van der Waals surface area contributed by atoms with Crippen molar-refractivity contribution >= 4 is 17.8 Å². The lowest BCUT2D eigenvalue weighted by atomic mass is 10.1. The van der Waals surface area contributed by atoms with Gasteiger partial charge >= 0.3 is 0 Å². The third kappa shape index (κ3) is 7.73. The van der Waals surface area contributed by atoms with Crippen LogP contribution in [0.25, 0.3) is 0 Å². The standard InChI is InChI=1S/C23H30FN5O2/c1-4-26-23(28-11-10-17-6-5-7-18(14-17)21(30)25-3)29-13-12-27-22(31)19-9-8-16(2)20(24)15-19/h5-9,14-15H,4,10-13H2,1-3H3,(H,25,30)(H,27,31)(H2,26,28,29). The first-order chi connectivity index (χ1) is 14.9. The maximum absolute atomic E-state index is 13.6. The molecular weight excluding hydrogens is 397 g/mol. The molecule has 0 aliphatic rings. The number of hydrogen-bond donors (Lipinski definition) is 4. The summed E-state index contributed by atoms with van der Waals surface area (Å²) in [6.07, 6.45) is 0.692. The van der Waals surface area contributed by atoms with Crippen LogP contribution in [0.1, 0.15) is 38.8 Å². The van der Waals surface area contributed by atoms with Crippen molar-refractivity contribution in [3.63, 3.8) is 0 Å². The van der Waals surface area contributed by atoms with Gasteiger partial charge in [-0.3, -0.25) is 14.6 Å². The van der Waals surface area contributed by atoms with Gasteiger partial charge in [-0.15, -0.1) is 0 Å². The lowest BCUT2D eigenvalue weighted by Gasteiger charge is -2.12. The molecule has 0 spiro atoms. The Balaban J connectivity index is 1.81. The van der Waals surface area contributed by atoms with E-state index in [2.05, 4.69) is 26.3 Å². The molecule has 2 aromatic rings. The lowest BCUT2D eigenvalue weighted by molar-refractivity contribution is 0.0949. The summed E-state index contributed by atoms with van der Waals surface area (Å²) in [6, 6.07) is 11.9. The number of aryl methyl sites for hydroxylation is 1. The molecule has 4 N–H and O–H groups in total. The molecule has 8 heteroatoms. The van der Waals surface area contributed by atoms with Crippen LogP contribution in [-0.2, 0) is 6.42 Å². The van der Waals surface area contributed by atoms with Crippen molar-refractivity contribution in [2.75, 3.05) is 33.2 Å². The van der Waals surface area contributed by atoms with Crippen molar-refractivity contribution < 1.29 is 14.0 Å². The van der Waals surface area contributed by atoms with Crippen molar-refractivity contribution in [3.05, 3.63) is 70.5 Å². The van der Waals surface area contributed by atoms with Crippen LogP contribution in [0.3, 0.4) is 0 Å².